The average molecular weight is 302 g/mol. The molecule has 2 unspecified atom stereocenters. The van der Waals surface area contributed by atoms with E-state index in [4.69, 9.17) is 11.6 Å². The molecule has 0 aliphatic heterocycles. The zero-order chi connectivity index (χ0) is 13.9. The van der Waals surface area contributed by atoms with Gasteiger partial charge >= 0.3 is 0 Å². The molecular formula is C14H20ClNO2S. The van der Waals surface area contributed by atoms with Crippen LogP contribution in [-0.4, -0.2) is 23.7 Å². The average Bonchev–Trinajstić information content (AvgIpc) is 2.95. The first-order valence-electron chi connectivity index (χ1n) is 6.68. The van der Waals surface area contributed by atoms with Crippen molar-refractivity contribution in [2.24, 2.45) is 5.41 Å². The van der Waals surface area contributed by atoms with E-state index in [1.54, 1.807) is 0 Å². The van der Waals surface area contributed by atoms with Gasteiger partial charge in [0.05, 0.1) is 10.9 Å². The largest absolute Gasteiger partial charge is 0.396 e. The van der Waals surface area contributed by atoms with Gasteiger partial charge in [-0.1, -0.05) is 24.9 Å². The van der Waals surface area contributed by atoms with Gasteiger partial charge in [0.2, 0.25) is 5.91 Å². The first-order chi connectivity index (χ1) is 9.03. The number of hydrogen-bond acceptors (Lipinski definition) is 3. The van der Waals surface area contributed by atoms with E-state index >= 15 is 0 Å². The molecule has 0 radical (unpaired) electrons. The van der Waals surface area contributed by atoms with E-state index in [1.807, 2.05) is 19.1 Å². The summed E-state index contributed by atoms with van der Waals surface area (Å²) in [7, 11) is 0. The lowest BCUT2D eigenvalue weighted by Crippen LogP contribution is -2.44. The van der Waals surface area contributed by atoms with Crippen molar-refractivity contribution in [3.63, 3.8) is 0 Å². The quantitative estimate of drug-likeness (QED) is 0.878. The second-order valence-corrected chi connectivity index (χ2v) is 7.33. The van der Waals surface area contributed by atoms with Crippen molar-refractivity contribution in [3.8, 4) is 0 Å². The predicted molar refractivity (Wildman–Crippen MR) is 78.6 cm³/mol. The van der Waals surface area contributed by atoms with E-state index in [9.17, 15) is 9.90 Å². The molecule has 0 aromatic carbocycles. The summed E-state index contributed by atoms with van der Waals surface area (Å²) in [5.41, 5.74) is -0.151. The highest BCUT2D eigenvalue weighted by molar-refractivity contribution is 7.16. The molecule has 5 heteroatoms. The first kappa shape index (κ1) is 14.8. The number of aliphatic hydroxyl groups excluding tert-OH is 1. The van der Waals surface area contributed by atoms with Gasteiger partial charge in [-0.25, -0.2) is 0 Å². The Hall–Kier alpha value is -0.580. The number of nitrogens with one attached hydrogen (secondary N) is 1. The van der Waals surface area contributed by atoms with Crippen molar-refractivity contribution < 1.29 is 9.90 Å². The topological polar surface area (TPSA) is 49.3 Å². The molecular weight excluding hydrogens is 282 g/mol. The number of halogens is 1. The summed E-state index contributed by atoms with van der Waals surface area (Å²) in [6.45, 7) is 2.18. The number of hydrogen-bond donors (Lipinski definition) is 2. The van der Waals surface area contributed by atoms with Crippen LogP contribution in [0.1, 0.15) is 37.5 Å². The van der Waals surface area contributed by atoms with Crippen LogP contribution in [0.3, 0.4) is 0 Å². The molecule has 2 atom stereocenters. The molecule has 1 aromatic rings. The Balaban J connectivity index is 1.81. The molecule has 1 saturated carbocycles. The van der Waals surface area contributed by atoms with Crippen LogP contribution >= 0.6 is 22.9 Å². The van der Waals surface area contributed by atoms with E-state index in [0.29, 0.717) is 6.42 Å². The molecule has 1 aliphatic carbocycles. The van der Waals surface area contributed by atoms with Crippen LogP contribution in [0, 0.1) is 5.41 Å². The Morgan fingerprint density at radius 1 is 1.63 bits per heavy atom. The number of aliphatic hydroxyl groups is 1. The zero-order valence-corrected chi connectivity index (χ0v) is 12.7. The fourth-order valence-electron chi connectivity index (χ4n) is 2.66. The minimum absolute atomic E-state index is 0.0658. The highest BCUT2D eigenvalue weighted by Gasteiger charge is 2.38. The summed E-state index contributed by atoms with van der Waals surface area (Å²) in [6, 6.07) is 3.93. The minimum atomic E-state index is -0.151. The van der Waals surface area contributed by atoms with Crippen molar-refractivity contribution in [2.75, 3.05) is 6.61 Å². The lowest BCUT2D eigenvalue weighted by molar-refractivity contribution is -0.122. The third kappa shape index (κ3) is 3.71. The maximum absolute atomic E-state index is 12.0. The summed E-state index contributed by atoms with van der Waals surface area (Å²) in [4.78, 5) is 13.1. The maximum atomic E-state index is 12.0. The van der Waals surface area contributed by atoms with E-state index in [1.165, 1.54) is 11.3 Å². The number of aryl methyl sites for hydroxylation is 1. The van der Waals surface area contributed by atoms with Gasteiger partial charge in [0.25, 0.3) is 0 Å². The summed E-state index contributed by atoms with van der Waals surface area (Å²) in [5, 5.41) is 12.5. The van der Waals surface area contributed by atoms with E-state index in [0.717, 1.165) is 34.9 Å². The molecule has 2 N–H and O–H groups in total. The Kier molecular flexibility index (Phi) is 4.87. The maximum Gasteiger partial charge on any atom is 0.220 e. The number of carbonyl (C=O) groups excluding carboxylic acids is 1. The van der Waals surface area contributed by atoms with Gasteiger partial charge in [0.15, 0.2) is 0 Å². The zero-order valence-electron chi connectivity index (χ0n) is 11.1. The van der Waals surface area contributed by atoms with Crippen molar-refractivity contribution in [3.05, 3.63) is 21.3 Å². The van der Waals surface area contributed by atoms with Crippen LogP contribution in [0.5, 0.6) is 0 Å². The van der Waals surface area contributed by atoms with Crippen molar-refractivity contribution >= 4 is 28.8 Å². The predicted octanol–water partition coefficient (Wildman–Crippen LogP) is 3.00. The van der Waals surface area contributed by atoms with Gasteiger partial charge < -0.3 is 10.4 Å². The van der Waals surface area contributed by atoms with Crippen LogP contribution in [-0.2, 0) is 11.2 Å². The van der Waals surface area contributed by atoms with Crippen LogP contribution < -0.4 is 5.32 Å². The third-order valence-corrected chi connectivity index (χ3v) is 5.30. The normalized spacial score (nSPS) is 26.6. The van der Waals surface area contributed by atoms with Gasteiger partial charge in [0.1, 0.15) is 0 Å². The van der Waals surface area contributed by atoms with Crippen LogP contribution in [0.2, 0.25) is 4.34 Å². The monoisotopic (exact) mass is 301 g/mol. The summed E-state index contributed by atoms with van der Waals surface area (Å²) >= 11 is 7.38. The van der Waals surface area contributed by atoms with Crippen LogP contribution in [0.15, 0.2) is 12.1 Å². The van der Waals surface area contributed by atoms with Gasteiger partial charge in [-0.2, -0.15) is 0 Å². The lowest BCUT2D eigenvalue weighted by Gasteiger charge is -2.30. The van der Waals surface area contributed by atoms with Crippen molar-refractivity contribution in [1.29, 1.82) is 0 Å². The number of thiophene rings is 1. The Bertz CT molecular complexity index is 448. The molecule has 2 rings (SSSR count). The molecule has 0 bridgehead atoms. The smallest absolute Gasteiger partial charge is 0.220 e. The van der Waals surface area contributed by atoms with Crippen LogP contribution in [0.25, 0.3) is 0 Å². The summed E-state index contributed by atoms with van der Waals surface area (Å²) < 4.78 is 0.763. The fraction of sp³-hybridized carbons (Fsp3) is 0.643. The van der Waals surface area contributed by atoms with Gasteiger partial charge in [-0.05, 0) is 31.4 Å². The lowest BCUT2D eigenvalue weighted by atomic mass is 9.86. The standard InChI is InChI=1S/C14H20ClNO2S/c1-14(9-17)8-2-3-11(14)16-13(18)7-5-10-4-6-12(15)19-10/h4,6,11,17H,2-3,5,7-9H2,1H3,(H,16,18). The SMILES string of the molecule is CC1(CO)CCCC1NC(=O)CCc1ccc(Cl)s1. The molecule has 0 saturated heterocycles. The molecule has 19 heavy (non-hydrogen) atoms. The Morgan fingerprint density at radius 3 is 3.05 bits per heavy atom. The summed E-state index contributed by atoms with van der Waals surface area (Å²) in [5.74, 6) is 0.0658. The van der Waals surface area contributed by atoms with Gasteiger partial charge in [-0.3, -0.25) is 4.79 Å². The van der Waals surface area contributed by atoms with Gasteiger partial charge in [0, 0.05) is 22.8 Å². The third-order valence-electron chi connectivity index (χ3n) is 4.01. The molecule has 1 aliphatic rings. The highest BCUT2D eigenvalue weighted by atomic mass is 35.5. The number of rotatable bonds is 5. The van der Waals surface area contributed by atoms with E-state index in [2.05, 4.69) is 5.32 Å². The van der Waals surface area contributed by atoms with Gasteiger partial charge in [-0.15, -0.1) is 11.3 Å². The molecule has 0 spiro atoms. The molecule has 1 fully saturated rings. The molecule has 106 valence electrons. The molecule has 1 heterocycles. The number of carbonyl (C=O) groups is 1. The minimum Gasteiger partial charge on any atom is -0.396 e. The summed E-state index contributed by atoms with van der Waals surface area (Å²) in [6.07, 6.45) is 4.23. The first-order valence-corrected chi connectivity index (χ1v) is 7.87. The second-order valence-electron chi connectivity index (χ2n) is 5.53. The number of amides is 1. The van der Waals surface area contributed by atoms with Crippen LogP contribution in [0.4, 0.5) is 0 Å². The van der Waals surface area contributed by atoms with Crippen molar-refractivity contribution in [1.82, 2.24) is 5.32 Å². The Labute approximate surface area is 123 Å². The van der Waals surface area contributed by atoms with Crippen molar-refractivity contribution in [2.45, 2.75) is 45.1 Å². The Morgan fingerprint density at radius 2 is 2.42 bits per heavy atom. The second kappa shape index (κ2) is 6.25. The molecule has 1 aromatic heterocycles. The molecule has 3 nitrogen and oxygen atoms in total. The highest BCUT2D eigenvalue weighted by Crippen LogP contribution is 2.37. The van der Waals surface area contributed by atoms with E-state index < -0.39 is 0 Å². The van der Waals surface area contributed by atoms with E-state index in [-0.39, 0.29) is 24.0 Å². The fourth-order valence-corrected chi connectivity index (χ4v) is 3.74. The molecule has 1 amide bonds.